The van der Waals surface area contributed by atoms with Gasteiger partial charge < -0.3 is 35.9 Å². The molecule has 116 heavy (non-hydrogen) atoms. The van der Waals surface area contributed by atoms with E-state index in [1.165, 1.54) is 0 Å². The lowest BCUT2D eigenvalue weighted by atomic mass is 9.93. The third-order valence-corrected chi connectivity index (χ3v) is 24.8. The van der Waals surface area contributed by atoms with E-state index in [4.69, 9.17) is 17.7 Å². The highest BCUT2D eigenvalue weighted by Gasteiger charge is 2.30. The molecule has 0 aliphatic heterocycles. The topological polar surface area (TPSA) is 167 Å². The summed E-state index contributed by atoms with van der Waals surface area (Å²) in [5.74, 6) is 0. The molecule has 0 bridgehead atoms. The van der Waals surface area contributed by atoms with Crippen molar-refractivity contribution in [1.82, 2.24) is 18.3 Å². The lowest BCUT2D eigenvalue weighted by Gasteiger charge is -2.16. The lowest BCUT2D eigenvalue weighted by Crippen LogP contribution is -2.04. The van der Waals surface area contributed by atoms with Crippen molar-refractivity contribution < 1.29 is 17.7 Å². The Bertz CT molecular complexity index is 9320. The highest BCUT2D eigenvalue weighted by molar-refractivity contribution is 6.36. The summed E-state index contributed by atoms with van der Waals surface area (Å²) in [6.45, 7) is 0. The normalized spacial score (nSPS) is 12.3. The molecule has 0 aliphatic carbocycles. The molecule has 0 fully saturated rings. The third kappa shape index (κ3) is 8.04. The minimum Gasteiger partial charge on any atom is -0.456 e. The fourth-order valence-corrected chi connectivity index (χ4v) is 20.1. The standard InChI is InChI=1S/C104H50N8O4/c105-51-58-44-84(59(52-106)43-83(58)109-79-37-33-57-17-3-6-20-64(57)98(79)102-81(109)39-41-92-100(102)71-22-8-11-29-90(71)113-92)110-80-38-34-66-65(24-13-25-68(66)99(80)103-82(110)40-42-93-101(103)72-23-9-12-30-91(72)114-93)69-26-14-27-70-74-48-76-88(50-95(74)116-104(69)70)112(78-36-32-56-16-2-5-19-63(56)97(76)78)86-46-60(53-107)85(45-61(86)54-108)111-77-35-31-55-15-1-4-18-62(55)96(77)75-47-73-67-21-7-10-28-89(67)115-94(73)49-87(75)111/h1-50H. The van der Waals surface area contributed by atoms with E-state index in [0.29, 0.717) is 56.2 Å². The summed E-state index contributed by atoms with van der Waals surface area (Å²) in [4.78, 5) is 0. The Kier molecular flexibility index (Phi) is 12.1. The second-order valence-electron chi connectivity index (χ2n) is 30.4. The van der Waals surface area contributed by atoms with E-state index >= 15 is 0 Å². The maximum absolute atomic E-state index is 11.8. The van der Waals surface area contributed by atoms with Crippen LogP contribution in [0, 0.1) is 45.3 Å². The summed E-state index contributed by atoms with van der Waals surface area (Å²) < 4.78 is 35.8. The van der Waals surface area contributed by atoms with Gasteiger partial charge in [0, 0.05) is 104 Å². The lowest BCUT2D eigenvalue weighted by molar-refractivity contribution is 0.669. The van der Waals surface area contributed by atoms with Crippen molar-refractivity contribution in [2.24, 2.45) is 0 Å². The molecule has 0 radical (unpaired) electrons. The molecule has 12 heteroatoms. The van der Waals surface area contributed by atoms with Gasteiger partial charge in [-0.1, -0.05) is 188 Å². The summed E-state index contributed by atoms with van der Waals surface area (Å²) in [5.41, 5.74) is 18.3. The van der Waals surface area contributed by atoms with Crippen LogP contribution in [0.25, 0.3) is 252 Å². The smallest absolute Gasteiger partial charge is 0.143 e. The largest absolute Gasteiger partial charge is 0.456 e. The van der Waals surface area contributed by atoms with Gasteiger partial charge in [0.05, 0.1) is 89.1 Å². The minimum atomic E-state index is 0.374. The molecule has 8 aromatic heterocycles. The molecule has 18 aromatic carbocycles. The van der Waals surface area contributed by atoms with Crippen LogP contribution in [0.2, 0.25) is 0 Å². The number of nitrogens with zero attached hydrogens (tertiary/aromatic N) is 8. The first-order valence-electron chi connectivity index (χ1n) is 38.5. The van der Waals surface area contributed by atoms with E-state index < -0.39 is 0 Å². The number of hydrogen-bond acceptors (Lipinski definition) is 8. The number of hydrogen-bond donors (Lipinski definition) is 0. The van der Waals surface area contributed by atoms with Crippen LogP contribution in [0.3, 0.4) is 0 Å². The maximum atomic E-state index is 11.8. The Morgan fingerprint density at radius 2 is 0.534 bits per heavy atom. The van der Waals surface area contributed by atoms with Gasteiger partial charge >= 0.3 is 0 Å². The first-order valence-corrected chi connectivity index (χ1v) is 38.5. The Hall–Kier alpha value is -16.6. The quantitative estimate of drug-likeness (QED) is 0.164. The second-order valence-corrected chi connectivity index (χ2v) is 30.4. The fraction of sp³-hybridized carbons (Fsp3) is 0. The molecular formula is C104H50N8O4. The van der Waals surface area contributed by atoms with Gasteiger partial charge in [-0.15, -0.1) is 0 Å². The van der Waals surface area contributed by atoms with Gasteiger partial charge in [0.2, 0.25) is 0 Å². The number of furan rings is 4. The highest BCUT2D eigenvalue weighted by Crippen LogP contribution is 2.52. The summed E-state index contributed by atoms with van der Waals surface area (Å²) in [6, 6.07) is 114. The van der Waals surface area contributed by atoms with Gasteiger partial charge in [-0.3, -0.25) is 0 Å². The monoisotopic (exact) mass is 1470 g/mol. The molecule has 0 N–H and O–H groups in total. The molecule has 26 aromatic rings. The number of benzene rings is 18. The Morgan fingerprint density at radius 3 is 1.03 bits per heavy atom. The second kappa shape index (κ2) is 22.5. The van der Waals surface area contributed by atoms with E-state index in [1.807, 2.05) is 91.0 Å². The van der Waals surface area contributed by atoms with Crippen LogP contribution in [-0.4, -0.2) is 18.3 Å². The molecule has 530 valence electrons. The zero-order chi connectivity index (χ0) is 76.2. The van der Waals surface area contributed by atoms with Crippen LogP contribution >= 0.6 is 0 Å². The molecule has 0 aliphatic rings. The highest BCUT2D eigenvalue weighted by atomic mass is 16.3. The van der Waals surface area contributed by atoms with Crippen LogP contribution in [0.15, 0.2) is 321 Å². The molecule has 0 amide bonds. The number of para-hydroxylation sites is 4. The molecule has 0 unspecified atom stereocenters. The van der Waals surface area contributed by atoms with E-state index in [9.17, 15) is 21.0 Å². The van der Waals surface area contributed by atoms with Crippen molar-refractivity contribution in [2.75, 3.05) is 0 Å². The molecule has 0 saturated carbocycles. The molecular weight excluding hydrogens is 1430 g/mol. The van der Waals surface area contributed by atoms with Gasteiger partial charge in [-0.25, -0.2) is 0 Å². The predicted molar refractivity (Wildman–Crippen MR) is 467 cm³/mol. The predicted octanol–water partition coefficient (Wildman–Crippen LogP) is 27.4. The molecule has 12 nitrogen and oxygen atoms in total. The van der Waals surface area contributed by atoms with Crippen molar-refractivity contribution >= 4 is 218 Å². The van der Waals surface area contributed by atoms with Crippen LogP contribution in [0.5, 0.6) is 0 Å². The van der Waals surface area contributed by atoms with E-state index in [-0.39, 0.29) is 0 Å². The van der Waals surface area contributed by atoms with Gasteiger partial charge in [-0.2, -0.15) is 21.0 Å². The van der Waals surface area contributed by atoms with Crippen LogP contribution < -0.4 is 0 Å². The van der Waals surface area contributed by atoms with Crippen molar-refractivity contribution in [3.05, 3.63) is 326 Å². The Labute approximate surface area is 654 Å². The number of fused-ring (bicyclic) bond motifs is 34. The van der Waals surface area contributed by atoms with Gasteiger partial charge in [-0.05, 0) is 152 Å². The van der Waals surface area contributed by atoms with Crippen LogP contribution in [0.4, 0.5) is 0 Å². The first-order chi connectivity index (χ1) is 57.4. The zero-order valence-electron chi connectivity index (χ0n) is 61.1. The van der Waals surface area contributed by atoms with E-state index in [1.54, 1.807) is 0 Å². The molecule has 8 heterocycles. The molecule has 0 atom stereocenters. The summed E-state index contributed by atoms with van der Waals surface area (Å²) in [7, 11) is 0. The summed E-state index contributed by atoms with van der Waals surface area (Å²) in [6.07, 6.45) is 0. The van der Waals surface area contributed by atoms with Gasteiger partial charge in [0.1, 0.15) is 68.9 Å². The van der Waals surface area contributed by atoms with Crippen LogP contribution in [-0.2, 0) is 0 Å². The molecule has 26 rings (SSSR count). The SMILES string of the molecule is N#Cc1cc(-n2c3cc4oc5c(-c6cccc7c6ccc6c7c7c8c(ccc7n6-c6cc(C#N)c(-n7c9ccc%10ccccc%10c9c9c%10c(ccc97)oc7ccccc7%10)cc6C#N)oc6ccccc68)cccc5c4cc3c3c4ccccc4ccc32)c(C#N)cc1-n1c2cc3oc4ccccc4c3cc2c2c3ccccc3ccc21. The van der Waals surface area contributed by atoms with Crippen LogP contribution in [0.1, 0.15) is 22.3 Å². The van der Waals surface area contributed by atoms with Crippen molar-refractivity contribution in [3.63, 3.8) is 0 Å². The summed E-state index contributed by atoms with van der Waals surface area (Å²) >= 11 is 0. The number of aromatic nitrogens is 4. The minimum absolute atomic E-state index is 0.374. The van der Waals surface area contributed by atoms with Crippen molar-refractivity contribution in [1.29, 1.82) is 21.0 Å². The van der Waals surface area contributed by atoms with Crippen molar-refractivity contribution in [2.45, 2.75) is 0 Å². The molecule has 0 saturated heterocycles. The van der Waals surface area contributed by atoms with Gasteiger partial charge in [0.25, 0.3) is 0 Å². The average molecular weight is 1480 g/mol. The van der Waals surface area contributed by atoms with E-state index in [2.05, 4.69) is 255 Å². The maximum Gasteiger partial charge on any atom is 0.143 e. The first kappa shape index (κ1) is 62.2. The average Bonchev–Trinajstić information content (AvgIpc) is 1.56. The number of rotatable bonds is 5. The fourth-order valence-electron chi connectivity index (χ4n) is 20.1. The van der Waals surface area contributed by atoms with Crippen molar-refractivity contribution in [3.8, 4) is 58.2 Å². The third-order valence-electron chi connectivity index (χ3n) is 24.8. The number of nitriles is 4. The zero-order valence-corrected chi connectivity index (χ0v) is 61.1. The van der Waals surface area contributed by atoms with Gasteiger partial charge in [0.15, 0.2) is 0 Å². The molecule has 0 spiro atoms. The van der Waals surface area contributed by atoms with E-state index in [0.717, 1.165) is 218 Å². The summed E-state index contributed by atoms with van der Waals surface area (Å²) in [5, 5.41) is 70.8. The Morgan fingerprint density at radius 1 is 0.190 bits per heavy atom. The Balaban J connectivity index is 0.678.